The Labute approximate surface area is 351 Å². The molecular formula is C39H49N3O20. The van der Waals surface area contributed by atoms with Crippen molar-refractivity contribution in [3.8, 4) is 28.4 Å². The van der Waals surface area contributed by atoms with Gasteiger partial charge in [-0.25, -0.2) is 0 Å². The molecule has 3 fully saturated rings. The first-order chi connectivity index (χ1) is 29.4. The molecule has 0 aliphatic carbocycles. The Balaban J connectivity index is 1.39. The number of carbonyl (C=O) groups is 3. The first-order valence-corrected chi connectivity index (χ1v) is 19.3. The number of fused-ring (bicyclic) bond motifs is 1. The predicted molar refractivity (Wildman–Crippen MR) is 206 cm³/mol. The van der Waals surface area contributed by atoms with Crippen LogP contribution in [0.1, 0.15) is 20.8 Å². The lowest BCUT2D eigenvalue weighted by atomic mass is 9.96. The molecular weight excluding hydrogens is 830 g/mol. The van der Waals surface area contributed by atoms with Gasteiger partial charge in [-0.15, -0.1) is 0 Å². The van der Waals surface area contributed by atoms with E-state index in [0.29, 0.717) is 0 Å². The summed E-state index contributed by atoms with van der Waals surface area (Å²) in [5.41, 5.74) is -0.712. The zero-order valence-corrected chi connectivity index (χ0v) is 33.3. The van der Waals surface area contributed by atoms with E-state index in [-0.39, 0.29) is 39.3 Å². The second-order valence-electron chi connectivity index (χ2n) is 14.9. The van der Waals surface area contributed by atoms with Crippen LogP contribution in [-0.2, 0) is 28.6 Å². The van der Waals surface area contributed by atoms with Crippen molar-refractivity contribution in [2.24, 2.45) is 0 Å². The smallest absolute Gasteiger partial charge is 0.223 e. The highest BCUT2D eigenvalue weighted by atomic mass is 16.7. The molecule has 3 aromatic rings. The number of ether oxygens (including phenoxy) is 6. The van der Waals surface area contributed by atoms with Gasteiger partial charge in [0.15, 0.2) is 0 Å². The molecule has 340 valence electrons. The van der Waals surface area contributed by atoms with Crippen molar-refractivity contribution in [2.75, 3.05) is 19.8 Å². The summed E-state index contributed by atoms with van der Waals surface area (Å²) >= 11 is 0. The molecule has 1 aromatic heterocycles. The molecule has 15 unspecified atom stereocenters. The van der Waals surface area contributed by atoms with Crippen LogP contribution in [0.25, 0.3) is 22.1 Å². The van der Waals surface area contributed by atoms with E-state index in [1.54, 1.807) is 0 Å². The van der Waals surface area contributed by atoms with Gasteiger partial charge in [-0.1, -0.05) is 12.1 Å². The number of nitrogens with one attached hydrogen (secondary N) is 3. The SMILES string of the molecule is CC(=O)NC1C(Oc2ccc(-c3coc4cc(OC5OC(CO)C(O)C(O)C5NC(C)=O)cc(OC5OC(CO)C(O)C(O)C5NC(C)=O)c4c3=O)cc2)OC(CO)C(O)C1O. The molecule has 0 bridgehead atoms. The number of hydrogen-bond donors (Lipinski definition) is 12. The van der Waals surface area contributed by atoms with Gasteiger partial charge in [0, 0.05) is 32.9 Å². The summed E-state index contributed by atoms with van der Waals surface area (Å²) in [4.78, 5) is 50.6. The Bertz CT molecular complexity index is 2120. The van der Waals surface area contributed by atoms with Crippen LogP contribution in [0.4, 0.5) is 0 Å². The summed E-state index contributed by atoms with van der Waals surface area (Å²) in [5, 5.41) is 100. The number of rotatable bonds is 13. The molecule has 3 amide bonds. The second kappa shape index (κ2) is 19.6. The highest BCUT2D eigenvalue weighted by molar-refractivity contribution is 5.88. The molecule has 2 aromatic carbocycles. The highest BCUT2D eigenvalue weighted by Gasteiger charge is 2.49. The number of amides is 3. The lowest BCUT2D eigenvalue weighted by Crippen LogP contribution is -2.65. The second-order valence-corrected chi connectivity index (χ2v) is 14.9. The van der Waals surface area contributed by atoms with E-state index in [9.17, 15) is 65.1 Å². The fraction of sp³-hybridized carbons (Fsp3) is 0.538. The zero-order chi connectivity index (χ0) is 45.2. The topological polar surface area (TPSA) is 355 Å². The van der Waals surface area contributed by atoms with Crippen LogP contribution in [0.3, 0.4) is 0 Å². The Hall–Kier alpha value is -5.02. The van der Waals surface area contributed by atoms with Crippen molar-refractivity contribution in [1.29, 1.82) is 0 Å². The maximum Gasteiger partial charge on any atom is 0.223 e. The fourth-order valence-corrected chi connectivity index (χ4v) is 7.37. The van der Waals surface area contributed by atoms with Crippen molar-refractivity contribution in [3.63, 3.8) is 0 Å². The van der Waals surface area contributed by atoms with Crippen LogP contribution in [-0.4, -0.2) is 175 Å². The average Bonchev–Trinajstić information content (AvgIpc) is 3.23. The molecule has 12 N–H and O–H groups in total. The quantitative estimate of drug-likeness (QED) is 0.0769. The molecule has 3 aliphatic rings. The van der Waals surface area contributed by atoms with Crippen molar-refractivity contribution in [2.45, 2.75) is 113 Å². The molecule has 4 heterocycles. The molecule has 15 atom stereocenters. The van der Waals surface area contributed by atoms with E-state index in [2.05, 4.69) is 16.0 Å². The lowest BCUT2D eigenvalue weighted by molar-refractivity contribution is -0.245. The van der Waals surface area contributed by atoms with Crippen molar-refractivity contribution in [1.82, 2.24) is 16.0 Å². The molecule has 0 saturated carbocycles. The van der Waals surface area contributed by atoms with Crippen LogP contribution < -0.4 is 35.6 Å². The first-order valence-electron chi connectivity index (χ1n) is 19.3. The third kappa shape index (κ3) is 9.78. The molecule has 0 spiro atoms. The Morgan fingerprint density at radius 1 is 0.581 bits per heavy atom. The van der Waals surface area contributed by atoms with Crippen LogP contribution in [0.15, 0.2) is 51.9 Å². The van der Waals surface area contributed by atoms with Crippen molar-refractivity contribution >= 4 is 28.7 Å². The Morgan fingerprint density at radius 2 is 0.984 bits per heavy atom. The minimum atomic E-state index is -1.75. The van der Waals surface area contributed by atoms with Crippen molar-refractivity contribution < 1.29 is 93.2 Å². The number of benzene rings is 2. The summed E-state index contributed by atoms with van der Waals surface area (Å²) in [6.07, 6.45) is -17.4. The van der Waals surface area contributed by atoms with Gasteiger partial charge in [-0.05, 0) is 17.7 Å². The summed E-state index contributed by atoms with van der Waals surface area (Å²) < 4.78 is 41.1. The van der Waals surface area contributed by atoms with E-state index in [1.807, 2.05) is 0 Å². The summed E-state index contributed by atoms with van der Waals surface area (Å²) in [6.45, 7) is 1.23. The number of aliphatic hydroxyl groups is 9. The van der Waals surface area contributed by atoms with Gasteiger partial charge in [0.2, 0.25) is 42.0 Å². The first kappa shape index (κ1) is 46.5. The molecule has 23 nitrogen and oxygen atoms in total. The standard InChI is InChI=1S/C39H49N3O20/c1-14(46)40-27-34(53)31(50)23(10-43)60-37(27)57-18-6-4-17(5-7-18)20-13-56-21-8-19(58-38-28(41-15(2)47)35(54)32(51)24(11-44)61-38)9-22(26(21)30(20)49)59-39-29(42-16(3)48)36(55)33(52)25(12-45)62-39/h4-9,13,23-25,27-29,31-39,43-45,50-55H,10-12H2,1-3H3,(H,40,46)(H,41,47)(H,42,48). The van der Waals surface area contributed by atoms with Crippen LogP contribution in [0, 0.1) is 0 Å². The lowest BCUT2D eigenvalue weighted by Gasteiger charge is -2.42. The maximum atomic E-state index is 14.5. The van der Waals surface area contributed by atoms with Gasteiger partial charge >= 0.3 is 0 Å². The van der Waals surface area contributed by atoms with Crippen LogP contribution >= 0.6 is 0 Å². The van der Waals surface area contributed by atoms with Crippen molar-refractivity contribution in [3.05, 3.63) is 52.9 Å². The Kier molecular flexibility index (Phi) is 14.7. The minimum Gasteiger partial charge on any atom is -0.463 e. The van der Waals surface area contributed by atoms with E-state index in [1.165, 1.54) is 37.3 Å². The van der Waals surface area contributed by atoms with Gasteiger partial charge < -0.3 is 94.7 Å². The normalized spacial score (nSPS) is 33.6. The molecule has 0 radical (unpaired) electrons. The van der Waals surface area contributed by atoms with E-state index < -0.39 is 135 Å². The van der Waals surface area contributed by atoms with Crippen LogP contribution in [0.5, 0.6) is 17.2 Å². The number of hydrogen-bond acceptors (Lipinski definition) is 20. The van der Waals surface area contributed by atoms with Gasteiger partial charge in [-0.2, -0.15) is 0 Å². The highest BCUT2D eigenvalue weighted by Crippen LogP contribution is 2.36. The summed E-state index contributed by atoms with van der Waals surface area (Å²) in [5.74, 6) is -2.30. The third-order valence-electron chi connectivity index (χ3n) is 10.5. The zero-order valence-electron chi connectivity index (χ0n) is 33.3. The number of carbonyl (C=O) groups excluding carboxylic acids is 3. The van der Waals surface area contributed by atoms with E-state index in [0.717, 1.165) is 26.2 Å². The number of aliphatic hydroxyl groups excluding tert-OH is 9. The molecule has 62 heavy (non-hydrogen) atoms. The van der Waals surface area contributed by atoms with Crippen LogP contribution in [0.2, 0.25) is 0 Å². The van der Waals surface area contributed by atoms with Gasteiger partial charge in [0.1, 0.15) is 108 Å². The average molecular weight is 880 g/mol. The van der Waals surface area contributed by atoms with Gasteiger partial charge in [-0.3, -0.25) is 19.2 Å². The van der Waals surface area contributed by atoms with E-state index >= 15 is 0 Å². The molecule has 6 rings (SSSR count). The Morgan fingerprint density at radius 3 is 1.39 bits per heavy atom. The maximum absolute atomic E-state index is 14.5. The summed E-state index contributed by atoms with van der Waals surface area (Å²) in [6, 6.07) is 4.02. The van der Waals surface area contributed by atoms with Gasteiger partial charge in [0.25, 0.3) is 0 Å². The van der Waals surface area contributed by atoms with Gasteiger partial charge in [0.05, 0.1) is 25.4 Å². The van der Waals surface area contributed by atoms with E-state index in [4.69, 9.17) is 32.8 Å². The molecule has 23 heteroatoms. The third-order valence-corrected chi connectivity index (χ3v) is 10.5. The molecule has 3 saturated heterocycles. The summed E-state index contributed by atoms with van der Waals surface area (Å²) in [7, 11) is 0. The monoisotopic (exact) mass is 879 g/mol. The predicted octanol–water partition coefficient (Wildman–Crippen LogP) is -4.57. The molecule has 3 aliphatic heterocycles. The minimum absolute atomic E-state index is 0.0533. The largest absolute Gasteiger partial charge is 0.463 e. The fourth-order valence-electron chi connectivity index (χ4n) is 7.37.